The topological polar surface area (TPSA) is 58.1 Å². The molecule has 1 fully saturated rings. The lowest BCUT2D eigenvalue weighted by Crippen LogP contribution is -2.42. The maximum atomic E-state index is 5.60. The largest absolute Gasteiger partial charge is 0.494 e. The van der Waals surface area contributed by atoms with Crippen molar-refractivity contribution < 1.29 is 9.47 Å². The SMILES string of the molecule is CCCOc1cccc(/C=N/NC(=S)NCCN2CCOCC2)c1. The Labute approximate surface area is 149 Å². The zero-order valence-electron chi connectivity index (χ0n) is 14.2. The van der Waals surface area contributed by atoms with Crippen LogP contribution in [0.5, 0.6) is 5.75 Å². The number of hydrogen-bond donors (Lipinski definition) is 2. The third-order valence-electron chi connectivity index (χ3n) is 3.53. The second-order valence-electron chi connectivity index (χ2n) is 5.50. The van der Waals surface area contributed by atoms with E-state index in [1.807, 2.05) is 24.3 Å². The van der Waals surface area contributed by atoms with Crippen LogP contribution in [0.2, 0.25) is 0 Å². The van der Waals surface area contributed by atoms with E-state index < -0.39 is 0 Å². The smallest absolute Gasteiger partial charge is 0.187 e. The first-order valence-corrected chi connectivity index (χ1v) is 8.78. The number of rotatable bonds is 8. The second-order valence-corrected chi connectivity index (χ2v) is 5.91. The predicted octanol–water partition coefficient (Wildman–Crippen LogP) is 1.61. The van der Waals surface area contributed by atoms with Crippen LogP contribution in [-0.4, -0.2) is 62.2 Å². The van der Waals surface area contributed by atoms with Crippen molar-refractivity contribution >= 4 is 23.5 Å². The fourth-order valence-corrected chi connectivity index (χ4v) is 2.42. The van der Waals surface area contributed by atoms with E-state index in [1.54, 1.807) is 6.21 Å². The van der Waals surface area contributed by atoms with Gasteiger partial charge in [0, 0.05) is 26.2 Å². The Balaban J connectivity index is 1.66. The monoisotopic (exact) mass is 350 g/mol. The Kier molecular flexibility index (Phi) is 8.51. The van der Waals surface area contributed by atoms with Crippen LogP contribution in [0.1, 0.15) is 18.9 Å². The van der Waals surface area contributed by atoms with E-state index in [0.29, 0.717) is 5.11 Å². The fraction of sp³-hybridized carbons (Fsp3) is 0.529. The molecule has 132 valence electrons. The van der Waals surface area contributed by atoms with Gasteiger partial charge in [-0.1, -0.05) is 19.1 Å². The van der Waals surface area contributed by atoms with Crippen LogP contribution in [0.3, 0.4) is 0 Å². The average molecular weight is 350 g/mol. The number of thiocarbonyl (C=S) groups is 1. The van der Waals surface area contributed by atoms with Gasteiger partial charge in [-0.15, -0.1) is 0 Å². The molecule has 6 nitrogen and oxygen atoms in total. The van der Waals surface area contributed by atoms with Crippen molar-refractivity contribution in [2.45, 2.75) is 13.3 Å². The molecule has 2 N–H and O–H groups in total. The Morgan fingerprint density at radius 2 is 2.25 bits per heavy atom. The lowest BCUT2D eigenvalue weighted by Gasteiger charge is -2.26. The lowest BCUT2D eigenvalue weighted by atomic mass is 10.2. The standard InChI is InChI=1S/C17H26N4O2S/c1-2-10-23-16-5-3-4-15(13-16)14-19-20-17(24)18-6-7-21-8-11-22-12-9-21/h3-5,13-14H,2,6-12H2,1H3,(H2,18,20,24)/b19-14+. The maximum Gasteiger partial charge on any atom is 0.187 e. The summed E-state index contributed by atoms with van der Waals surface area (Å²) in [6, 6.07) is 7.82. The Hall–Kier alpha value is -1.70. The third kappa shape index (κ3) is 7.25. The molecule has 7 heteroatoms. The second kappa shape index (κ2) is 11.0. The molecule has 0 spiro atoms. The normalized spacial score (nSPS) is 15.4. The van der Waals surface area contributed by atoms with Gasteiger partial charge in [0.15, 0.2) is 5.11 Å². The minimum atomic E-state index is 0.526. The van der Waals surface area contributed by atoms with Crippen molar-refractivity contribution in [1.82, 2.24) is 15.6 Å². The molecule has 0 saturated carbocycles. The number of ether oxygens (including phenoxy) is 2. The van der Waals surface area contributed by atoms with Crippen molar-refractivity contribution in [3.8, 4) is 5.75 Å². The fourth-order valence-electron chi connectivity index (χ4n) is 2.26. The van der Waals surface area contributed by atoms with Gasteiger partial charge >= 0.3 is 0 Å². The molecule has 1 heterocycles. The molecule has 0 radical (unpaired) electrons. The van der Waals surface area contributed by atoms with Crippen LogP contribution >= 0.6 is 12.2 Å². The van der Waals surface area contributed by atoms with Crippen LogP contribution in [0.25, 0.3) is 0 Å². The van der Waals surface area contributed by atoms with Crippen LogP contribution in [0.4, 0.5) is 0 Å². The summed E-state index contributed by atoms with van der Waals surface area (Å²) < 4.78 is 10.9. The predicted molar refractivity (Wildman–Crippen MR) is 101 cm³/mol. The molecule has 0 unspecified atom stereocenters. The maximum absolute atomic E-state index is 5.60. The minimum Gasteiger partial charge on any atom is -0.494 e. The molecule has 1 aromatic rings. The zero-order chi connectivity index (χ0) is 17.0. The van der Waals surface area contributed by atoms with E-state index in [-0.39, 0.29) is 0 Å². The summed E-state index contributed by atoms with van der Waals surface area (Å²) >= 11 is 5.22. The number of morpholine rings is 1. The van der Waals surface area contributed by atoms with Gasteiger partial charge in [-0.05, 0) is 36.3 Å². The van der Waals surface area contributed by atoms with E-state index in [1.165, 1.54) is 0 Å². The van der Waals surface area contributed by atoms with Gasteiger partial charge in [0.1, 0.15) is 5.75 Å². The highest BCUT2D eigenvalue weighted by molar-refractivity contribution is 7.80. The van der Waals surface area contributed by atoms with Gasteiger partial charge in [0.25, 0.3) is 0 Å². The van der Waals surface area contributed by atoms with Crippen molar-refractivity contribution in [1.29, 1.82) is 0 Å². The van der Waals surface area contributed by atoms with Gasteiger partial charge in [-0.3, -0.25) is 10.3 Å². The molecule has 0 aliphatic carbocycles. The molecule has 0 atom stereocenters. The summed E-state index contributed by atoms with van der Waals surface area (Å²) in [5.74, 6) is 0.854. The summed E-state index contributed by atoms with van der Waals surface area (Å²) in [7, 11) is 0. The highest BCUT2D eigenvalue weighted by Gasteiger charge is 2.09. The molecule has 1 aliphatic rings. The van der Waals surface area contributed by atoms with Gasteiger partial charge in [0.05, 0.1) is 26.0 Å². The van der Waals surface area contributed by atoms with Crippen LogP contribution in [0.15, 0.2) is 29.4 Å². The third-order valence-corrected chi connectivity index (χ3v) is 3.76. The Morgan fingerprint density at radius 3 is 3.04 bits per heavy atom. The van der Waals surface area contributed by atoms with Crippen molar-refractivity contribution in [2.75, 3.05) is 46.0 Å². The van der Waals surface area contributed by atoms with Crippen LogP contribution in [-0.2, 0) is 4.74 Å². The van der Waals surface area contributed by atoms with Crippen LogP contribution in [0, 0.1) is 0 Å². The van der Waals surface area contributed by atoms with Gasteiger partial charge in [-0.2, -0.15) is 5.10 Å². The summed E-state index contributed by atoms with van der Waals surface area (Å²) in [5.41, 5.74) is 3.80. The van der Waals surface area contributed by atoms with E-state index >= 15 is 0 Å². The van der Waals surface area contributed by atoms with E-state index in [9.17, 15) is 0 Å². The first-order valence-electron chi connectivity index (χ1n) is 8.38. The lowest BCUT2D eigenvalue weighted by molar-refractivity contribution is 0.0389. The van der Waals surface area contributed by atoms with E-state index in [4.69, 9.17) is 21.7 Å². The van der Waals surface area contributed by atoms with Crippen LogP contribution < -0.4 is 15.5 Å². The molecule has 24 heavy (non-hydrogen) atoms. The highest BCUT2D eigenvalue weighted by Crippen LogP contribution is 2.12. The number of benzene rings is 1. The first-order chi connectivity index (χ1) is 11.8. The number of hydrazone groups is 1. The average Bonchev–Trinajstić information content (AvgIpc) is 2.61. The van der Waals surface area contributed by atoms with Crippen molar-refractivity contribution in [2.24, 2.45) is 5.10 Å². The molecular formula is C17H26N4O2S. The number of hydrogen-bond acceptors (Lipinski definition) is 5. The minimum absolute atomic E-state index is 0.526. The quantitative estimate of drug-likeness (QED) is 0.422. The summed E-state index contributed by atoms with van der Waals surface area (Å²) in [6.07, 6.45) is 2.72. The van der Waals surface area contributed by atoms with Crippen molar-refractivity contribution in [3.63, 3.8) is 0 Å². The number of nitrogens with one attached hydrogen (secondary N) is 2. The molecule has 2 rings (SSSR count). The summed E-state index contributed by atoms with van der Waals surface area (Å²) in [4.78, 5) is 2.35. The van der Waals surface area contributed by atoms with Gasteiger partial charge in [0.2, 0.25) is 0 Å². The molecule has 0 bridgehead atoms. The zero-order valence-corrected chi connectivity index (χ0v) is 15.0. The van der Waals surface area contributed by atoms with Gasteiger partial charge in [-0.25, -0.2) is 0 Å². The summed E-state index contributed by atoms with van der Waals surface area (Å²) in [5, 5.41) is 7.84. The van der Waals surface area contributed by atoms with E-state index in [2.05, 4.69) is 27.7 Å². The molecule has 1 saturated heterocycles. The molecule has 1 aromatic carbocycles. The highest BCUT2D eigenvalue weighted by atomic mass is 32.1. The Bertz CT molecular complexity index is 533. The molecule has 0 aromatic heterocycles. The molecular weight excluding hydrogens is 324 g/mol. The first kappa shape index (κ1) is 18.6. The van der Waals surface area contributed by atoms with Gasteiger partial charge < -0.3 is 14.8 Å². The van der Waals surface area contributed by atoms with Crippen molar-refractivity contribution in [3.05, 3.63) is 29.8 Å². The molecule has 0 amide bonds. The Morgan fingerprint density at radius 1 is 1.42 bits per heavy atom. The number of nitrogens with zero attached hydrogens (tertiary/aromatic N) is 2. The van der Waals surface area contributed by atoms with E-state index in [0.717, 1.165) is 63.7 Å². The summed E-state index contributed by atoms with van der Waals surface area (Å²) in [6.45, 7) is 8.14. The molecule has 1 aliphatic heterocycles.